The lowest BCUT2D eigenvalue weighted by Gasteiger charge is -2.37. The van der Waals surface area contributed by atoms with Crippen LogP contribution < -0.4 is 10.6 Å². The van der Waals surface area contributed by atoms with E-state index in [1.807, 2.05) is 0 Å². The van der Waals surface area contributed by atoms with Crippen molar-refractivity contribution >= 4 is 5.91 Å². The molecule has 0 atom stereocenters. The fraction of sp³-hybridized carbons (Fsp3) is 0.938. The van der Waals surface area contributed by atoms with Crippen LogP contribution in [0.5, 0.6) is 0 Å². The fourth-order valence-electron chi connectivity index (χ4n) is 3.81. The number of piperidine rings is 1. The first-order chi connectivity index (χ1) is 9.25. The van der Waals surface area contributed by atoms with Crippen LogP contribution in [0.3, 0.4) is 0 Å². The molecular weight excluding hydrogens is 236 g/mol. The zero-order chi connectivity index (χ0) is 13.3. The summed E-state index contributed by atoms with van der Waals surface area (Å²) in [6.07, 6.45) is 9.57. The molecule has 2 N–H and O–H groups in total. The minimum atomic E-state index is -0.0674. The molecule has 1 saturated heterocycles. The molecule has 1 aliphatic heterocycles. The highest BCUT2D eigenvalue weighted by Gasteiger charge is 2.45. The molecule has 0 aromatic carbocycles. The highest BCUT2D eigenvalue weighted by Crippen LogP contribution is 2.45. The van der Waals surface area contributed by atoms with Crippen molar-refractivity contribution in [2.75, 3.05) is 13.1 Å². The molecule has 0 radical (unpaired) electrons. The van der Waals surface area contributed by atoms with Crippen LogP contribution in [0, 0.1) is 17.3 Å². The molecule has 0 spiro atoms. The van der Waals surface area contributed by atoms with Crippen LogP contribution in [-0.4, -0.2) is 25.0 Å². The summed E-state index contributed by atoms with van der Waals surface area (Å²) in [4.78, 5) is 12.8. The van der Waals surface area contributed by atoms with Crippen LogP contribution in [0.2, 0.25) is 0 Å². The molecule has 108 valence electrons. The van der Waals surface area contributed by atoms with Crippen molar-refractivity contribution in [1.29, 1.82) is 0 Å². The molecule has 3 heteroatoms. The van der Waals surface area contributed by atoms with Gasteiger partial charge in [-0.25, -0.2) is 0 Å². The largest absolute Gasteiger partial charge is 0.352 e. The number of hydrogen-bond acceptors (Lipinski definition) is 2. The van der Waals surface area contributed by atoms with Gasteiger partial charge in [-0.05, 0) is 69.9 Å². The summed E-state index contributed by atoms with van der Waals surface area (Å²) in [5, 5.41) is 6.87. The molecule has 3 fully saturated rings. The number of amides is 1. The molecule has 0 bridgehead atoms. The van der Waals surface area contributed by atoms with Crippen LogP contribution in [0.25, 0.3) is 0 Å². The second-order valence-electron chi connectivity index (χ2n) is 6.95. The summed E-state index contributed by atoms with van der Waals surface area (Å²) < 4.78 is 0. The van der Waals surface area contributed by atoms with E-state index in [9.17, 15) is 4.79 Å². The Morgan fingerprint density at radius 1 is 1.21 bits per heavy atom. The van der Waals surface area contributed by atoms with E-state index in [2.05, 4.69) is 17.6 Å². The van der Waals surface area contributed by atoms with E-state index in [0.29, 0.717) is 11.9 Å². The molecule has 2 saturated carbocycles. The van der Waals surface area contributed by atoms with Gasteiger partial charge >= 0.3 is 0 Å². The third kappa shape index (κ3) is 2.96. The van der Waals surface area contributed by atoms with Gasteiger partial charge in [0.05, 0.1) is 5.41 Å². The Kier molecular flexibility index (Phi) is 3.84. The van der Waals surface area contributed by atoms with Crippen molar-refractivity contribution in [3.63, 3.8) is 0 Å². The first-order valence-corrected chi connectivity index (χ1v) is 8.27. The lowest BCUT2D eigenvalue weighted by atomic mass is 9.74. The topological polar surface area (TPSA) is 41.1 Å². The number of rotatable bonds is 6. The quantitative estimate of drug-likeness (QED) is 0.774. The van der Waals surface area contributed by atoms with Crippen LogP contribution in [-0.2, 0) is 4.79 Å². The van der Waals surface area contributed by atoms with E-state index in [0.717, 1.165) is 50.6 Å². The average molecular weight is 264 g/mol. The standard InChI is InChI=1S/C16H28N2O/c1-2-7-16(8-10-17-11-9-16)15(19)18-14(12-3-4-12)13-5-6-13/h12-14,17H,2-11H2,1H3,(H,18,19). The third-order valence-corrected chi connectivity index (χ3v) is 5.33. The molecule has 19 heavy (non-hydrogen) atoms. The molecule has 0 aromatic heterocycles. The van der Waals surface area contributed by atoms with Crippen LogP contribution in [0.1, 0.15) is 58.3 Å². The Balaban J connectivity index is 1.65. The first kappa shape index (κ1) is 13.4. The van der Waals surface area contributed by atoms with Gasteiger partial charge in [-0.1, -0.05) is 13.3 Å². The minimum Gasteiger partial charge on any atom is -0.352 e. The zero-order valence-electron chi connectivity index (χ0n) is 12.2. The Morgan fingerprint density at radius 2 is 1.79 bits per heavy atom. The Bertz CT molecular complexity index is 310. The van der Waals surface area contributed by atoms with Gasteiger partial charge in [0.1, 0.15) is 0 Å². The van der Waals surface area contributed by atoms with Gasteiger partial charge in [-0.15, -0.1) is 0 Å². The lowest BCUT2D eigenvalue weighted by Crippen LogP contribution is -2.51. The molecule has 2 aliphatic carbocycles. The summed E-state index contributed by atoms with van der Waals surface area (Å²) in [7, 11) is 0. The van der Waals surface area contributed by atoms with Gasteiger partial charge in [-0.2, -0.15) is 0 Å². The van der Waals surface area contributed by atoms with Gasteiger partial charge in [0.25, 0.3) is 0 Å². The zero-order valence-corrected chi connectivity index (χ0v) is 12.2. The van der Waals surface area contributed by atoms with E-state index in [-0.39, 0.29) is 5.41 Å². The molecule has 3 rings (SSSR count). The molecule has 0 aromatic rings. The number of carbonyl (C=O) groups excluding carboxylic acids is 1. The summed E-state index contributed by atoms with van der Waals surface area (Å²) in [5.41, 5.74) is -0.0674. The average Bonchev–Trinajstić information content (AvgIpc) is 3.30. The van der Waals surface area contributed by atoms with E-state index in [4.69, 9.17) is 0 Å². The van der Waals surface area contributed by atoms with Crippen molar-refractivity contribution in [2.45, 2.75) is 64.3 Å². The lowest BCUT2D eigenvalue weighted by molar-refractivity contribution is -0.134. The molecule has 0 unspecified atom stereocenters. The van der Waals surface area contributed by atoms with Crippen LogP contribution >= 0.6 is 0 Å². The summed E-state index contributed by atoms with van der Waals surface area (Å²) in [6.45, 7) is 4.21. The van der Waals surface area contributed by atoms with Crippen LogP contribution in [0.15, 0.2) is 0 Å². The summed E-state index contributed by atoms with van der Waals surface area (Å²) in [5.74, 6) is 1.98. The van der Waals surface area contributed by atoms with Gasteiger partial charge in [0, 0.05) is 6.04 Å². The maximum absolute atomic E-state index is 12.8. The Morgan fingerprint density at radius 3 is 2.26 bits per heavy atom. The highest BCUT2D eigenvalue weighted by molar-refractivity contribution is 5.83. The molecule has 3 nitrogen and oxygen atoms in total. The highest BCUT2D eigenvalue weighted by atomic mass is 16.2. The smallest absolute Gasteiger partial charge is 0.226 e. The third-order valence-electron chi connectivity index (χ3n) is 5.33. The maximum atomic E-state index is 12.8. The number of hydrogen-bond donors (Lipinski definition) is 2. The normalized spacial score (nSPS) is 26.4. The SMILES string of the molecule is CCCC1(C(=O)NC(C2CC2)C2CC2)CCNCC1. The van der Waals surface area contributed by atoms with E-state index in [1.165, 1.54) is 25.7 Å². The predicted octanol–water partition coefficient (Wildman–Crippen LogP) is 2.46. The molecule has 3 aliphatic rings. The van der Waals surface area contributed by atoms with Gasteiger partial charge < -0.3 is 10.6 Å². The summed E-state index contributed by atoms with van der Waals surface area (Å²) >= 11 is 0. The van der Waals surface area contributed by atoms with E-state index >= 15 is 0 Å². The monoisotopic (exact) mass is 264 g/mol. The van der Waals surface area contributed by atoms with Crippen molar-refractivity contribution in [3.05, 3.63) is 0 Å². The molecular formula is C16H28N2O. The number of nitrogens with one attached hydrogen (secondary N) is 2. The van der Waals surface area contributed by atoms with Gasteiger partial charge in [0.15, 0.2) is 0 Å². The van der Waals surface area contributed by atoms with Crippen LogP contribution in [0.4, 0.5) is 0 Å². The fourth-order valence-corrected chi connectivity index (χ4v) is 3.81. The predicted molar refractivity (Wildman–Crippen MR) is 76.8 cm³/mol. The minimum absolute atomic E-state index is 0.0674. The molecule has 1 heterocycles. The van der Waals surface area contributed by atoms with Gasteiger partial charge in [-0.3, -0.25) is 4.79 Å². The number of carbonyl (C=O) groups is 1. The Labute approximate surface area is 116 Å². The van der Waals surface area contributed by atoms with Gasteiger partial charge in [0.2, 0.25) is 5.91 Å². The second-order valence-corrected chi connectivity index (χ2v) is 6.95. The molecule has 1 amide bonds. The van der Waals surface area contributed by atoms with Crippen molar-refractivity contribution in [1.82, 2.24) is 10.6 Å². The first-order valence-electron chi connectivity index (χ1n) is 8.27. The summed E-state index contributed by atoms with van der Waals surface area (Å²) in [6, 6.07) is 0.510. The van der Waals surface area contributed by atoms with Crippen molar-refractivity contribution in [3.8, 4) is 0 Å². The van der Waals surface area contributed by atoms with E-state index in [1.54, 1.807) is 0 Å². The Hall–Kier alpha value is -0.570. The van der Waals surface area contributed by atoms with Crippen molar-refractivity contribution < 1.29 is 4.79 Å². The van der Waals surface area contributed by atoms with E-state index < -0.39 is 0 Å². The van der Waals surface area contributed by atoms with Crippen molar-refractivity contribution in [2.24, 2.45) is 17.3 Å². The maximum Gasteiger partial charge on any atom is 0.226 e. The second kappa shape index (κ2) is 5.43.